The molecule has 4 rings (SSSR count). The minimum atomic E-state index is -0.117. The van der Waals surface area contributed by atoms with E-state index in [1.807, 2.05) is 12.1 Å². The average molecular weight is 405 g/mol. The molecular formula is C22H23N5O3. The number of carbonyl (C=O) groups excluding carboxylic acids is 1. The van der Waals surface area contributed by atoms with Crippen LogP contribution in [0, 0.1) is 0 Å². The first-order chi connectivity index (χ1) is 14.7. The molecule has 2 aromatic carbocycles. The number of hydrogen-bond donors (Lipinski definition) is 2. The predicted octanol–water partition coefficient (Wildman–Crippen LogP) is 3.81. The van der Waals surface area contributed by atoms with Crippen LogP contribution in [0.1, 0.15) is 6.92 Å². The second-order valence-electron chi connectivity index (χ2n) is 6.80. The average Bonchev–Trinajstić information content (AvgIpc) is 2.76. The van der Waals surface area contributed by atoms with Crippen LogP contribution in [0.15, 0.2) is 60.8 Å². The number of nitrogens with one attached hydrogen (secondary N) is 2. The van der Waals surface area contributed by atoms with Crippen LogP contribution < -0.4 is 20.3 Å². The number of aromatic nitrogens is 2. The number of amides is 1. The van der Waals surface area contributed by atoms with Gasteiger partial charge in [-0.05, 0) is 48.5 Å². The highest BCUT2D eigenvalue weighted by atomic mass is 16.5. The Balaban J connectivity index is 1.39. The van der Waals surface area contributed by atoms with Crippen LogP contribution >= 0.6 is 0 Å². The summed E-state index contributed by atoms with van der Waals surface area (Å²) in [4.78, 5) is 22.1. The second kappa shape index (κ2) is 9.23. The highest BCUT2D eigenvalue weighted by molar-refractivity contribution is 5.88. The summed E-state index contributed by atoms with van der Waals surface area (Å²) >= 11 is 0. The molecule has 0 saturated carbocycles. The maximum atomic E-state index is 11.1. The quantitative estimate of drug-likeness (QED) is 0.645. The van der Waals surface area contributed by atoms with Crippen molar-refractivity contribution in [2.75, 3.05) is 41.8 Å². The van der Waals surface area contributed by atoms with Crippen molar-refractivity contribution in [2.45, 2.75) is 6.92 Å². The number of benzene rings is 2. The van der Waals surface area contributed by atoms with E-state index in [9.17, 15) is 4.79 Å². The lowest BCUT2D eigenvalue weighted by molar-refractivity contribution is -0.114. The van der Waals surface area contributed by atoms with E-state index in [0.717, 1.165) is 32.0 Å². The van der Waals surface area contributed by atoms with E-state index in [0.29, 0.717) is 23.3 Å². The summed E-state index contributed by atoms with van der Waals surface area (Å²) in [6, 6.07) is 16.9. The zero-order valence-corrected chi connectivity index (χ0v) is 16.7. The highest BCUT2D eigenvalue weighted by Crippen LogP contribution is 2.24. The van der Waals surface area contributed by atoms with E-state index in [4.69, 9.17) is 9.47 Å². The number of nitrogens with zero attached hydrogens (tertiary/aromatic N) is 3. The van der Waals surface area contributed by atoms with Crippen LogP contribution in [0.2, 0.25) is 0 Å². The molecule has 0 unspecified atom stereocenters. The monoisotopic (exact) mass is 405 g/mol. The first-order valence-electron chi connectivity index (χ1n) is 9.74. The normalized spacial score (nSPS) is 13.6. The Kier molecular flexibility index (Phi) is 6.05. The van der Waals surface area contributed by atoms with Crippen LogP contribution in [0.5, 0.6) is 11.6 Å². The molecule has 8 heteroatoms. The highest BCUT2D eigenvalue weighted by Gasteiger charge is 2.11. The third-order valence-electron chi connectivity index (χ3n) is 4.53. The molecule has 2 N–H and O–H groups in total. The molecule has 1 aliphatic rings. The number of rotatable bonds is 6. The van der Waals surface area contributed by atoms with Crippen LogP contribution in [0.25, 0.3) is 0 Å². The Morgan fingerprint density at radius 3 is 2.40 bits per heavy atom. The summed E-state index contributed by atoms with van der Waals surface area (Å²) < 4.78 is 11.2. The fraction of sp³-hybridized carbons (Fsp3) is 0.227. The fourth-order valence-electron chi connectivity index (χ4n) is 3.10. The third-order valence-corrected chi connectivity index (χ3v) is 4.53. The SMILES string of the molecule is CC(=O)Nc1ccc(Oc2ccnc(Nc3ccc(N4CCOCC4)cc3)n2)cc1. The van der Waals surface area contributed by atoms with Gasteiger partial charge in [0.15, 0.2) is 0 Å². The maximum absolute atomic E-state index is 11.1. The maximum Gasteiger partial charge on any atom is 0.230 e. The van der Waals surface area contributed by atoms with Gasteiger partial charge in [0.2, 0.25) is 17.7 Å². The molecule has 0 bridgehead atoms. The van der Waals surface area contributed by atoms with Gasteiger partial charge in [0.25, 0.3) is 0 Å². The topological polar surface area (TPSA) is 88.6 Å². The molecule has 8 nitrogen and oxygen atoms in total. The van der Waals surface area contributed by atoms with Crippen molar-refractivity contribution in [2.24, 2.45) is 0 Å². The number of ether oxygens (including phenoxy) is 2. The minimum absolute atomic E-state index is 0.117. The number of carbonyl (C=O) groups is 1. The van der Waals surface area contributed by atoms with E-state index in [-0.39, 0.29) is 5.91 Å². The smallest absolute Gasteiger partial charge is 0.230 e. The van der Waals surface area contributed by atoms with Crippen LogP contribution in [0.4, 0.5) is 23.0 Å². The van der Waals surface area contributed by atoms with Crippen molar-refractivity contribution in [1.82, 2.24) is 9.97 Å². The summed E-state index contributed by atoms with van der Waals surface area (Å²) in [7, 11) is 0. The Hall–Kier alpha value is -3.65. The standard InChI is InChI=1S/C22H23N5O3/c1-16(28)24-17-4-8-20(9-5-17)30-21-10-11-23-22(26-21)25-18-2-6-19(7-3-18)27-12-14-29-15-13-27/h2-11H,12-15H2,1H3,(H,24,28)(H,23,25,26). The first-order valence-corrected chi connectivity index (χ1v) is 9.74. The molecule has 154 valence electrons. The van der Waals surface area contributed by atoms with Gasteiger partial charge in [0.1, 0.15) is 5.75 Å². The van der Waals surface area contributed by atoms with Gasteiger partial charge in [0, 0.05) is 49.3 Å². The minimum Gasteiger partial charge on any atom is -0.439 e. The molecule has 1 saturated heterocycles. The number of anilines is 4. The summed E-state index contributed by atoms with van der Waals surface area (Å²) in [5.74, 6) is 1.36. The van der Waals surface area contributed by atoms with Gasteiger partial charge >= 0.3 is 0 Å². The van der Waals surface area contributed by atoms with Crippen LogP contribution in [-0.4, -0.2) is 42.2 Å². The molecule has 30 heavy (non-hydrogen) atoms. The summed E-state index contributed by atoms with van der Waals surface area (Å²) in [5.41, 5.74) is 2.77. The Labute approximate surface area is 174 Å². The molecule has 2 heterocycles. The molecule has 0 aliphatic carbocycles. The third kappa shape index (κ3) is 5.24. The molecule has 3 aromatic rings. The molecule has 0 atom stereocenters. The first kappa shape index (κ1) is 19.7. The van der Waals surface area contributed by atoms with Crippen molar-refractivity contribution in [3.63, 3.8) is 0 Å². The molecular weight excluding hydrogens is 382 g/mol. The molecule has 0 radical (unpaired) electrons. The summed E-state index contributed by atoms with van der Waals surface area (Å²) in [6.45, 7) is 4.80. The Bertz CT molecular complexity index is 986. The van der Waals surface area contributed by atoms with E-state index in [2.05, 4.69) is 37.6 Å². The van der Waals surface area contributed by atoms with Crippen molar-refractivity contribution in [1.29, 1.82) is 0 Å². The van der Waals surface area contributed by atoms with Gasteiger partial charge in [0.05, 0.1) is 13.2 Å². The van der Waals surface area contributed by atoms with Crippen molar-refractivity contribution in [3.8, 4) is 11.6 Å². The van der Waals surface area contributed by atoms with Crippen LogP contribution in [-0.2, 0) is 9.53 Å². The van der Waals surface area contributed by atoms with Gasteiger partial charge in [-0.3, -0.25) is 4.79 Å². The molecule has 1 aromatic heterocycles. The lowest BCUT2D eigenvalue weighted by Gasteiger charge is -2.28. The van der Waals surface area contributed by atoms with Crippen LogP contribution in [0.3, 0.4) is 0 Å². The van der Waals surface area contributed by atoms with Gasteiger partial charge < -0.3 is 25.0 Å². The number of morpholine rings is 1. The van der Waals surface area contributed by atoms with E-state index < -0.39 is 0 Å². The largest absolute Gasteiger partial charge is 0.439 e. The van der Waals surface area contributed by atoms with E-state index in [1.165, 1.54) is 12.6 Å². The molecule has 0 spiro atoms. The van der Waals surface area contributed by atoms with Crippen molar-refractivity contribution in [3.05, 3.63) is 60.8 Å². The summed E-state index contributed by atoms with van der Waals surface area (Å²) in [6.07, 6.45) is 1.64. The Morgan fingerprint density at radius 2 is 1.70 bits per heavy atom. The van der Waals surface area contributed by atoms with E-state index in [1.54, 1.807) is 36.5 Å². The zero-order valence-electron chi connectivity index (χ0n) is 16.7. The Morgan fingerprint density at radius 1 is 1.00 bits per heavy atom. The van der Waals surface area contributed by atoms with Gasteiger partial charge in [-0.25, -0.2) is 4.98 Å². The fourth-order valence-corrected chi connectivity index (χ4v) is 3.10. The van der Waals surface area contributed by atoms with Gasteiger partial charge in [-0.2, -0.15) is 4.98 Å². The molecule has 1 aliphatic heterocycles. The predicted molar refractivity (Wildman–Crippen MR) is 116 cm³/mol. The lowest BCUT2D eigenvalue weighted by atomic mass is 10.2. The van der Waals surface area contributed by atoms with Gasteiger partial charge in [-0.1, -0.05) is 0 Å². The lowest BCUT2D eigenvalue weighted by Crippen LogP contribution is -2.36. The summed E-state index contributed by atoms with van der Waals surface area (Å²) in [5, 5.41) is 5.92. The van der Waals surface area contributed by atoms with Crippen molar-refractivity contribution >= 4 is 28.9 Å². The second-order valence-corrected chi connectivity index (χ2v) is 6.80. The zero-order chi connectivity index (χ0) is 20.8. The number of hydrogen-bond acceptors (Lipinski definition) is 7. The molecule has 1 amide bonds. The van der Waals surface area contributed by atoms with E-state index >= 15 is 0 Å². The van der Waals surface area contributed by atoms with Crippen molar-refractivity contribution < 1.29 is 14.3 Å². The van der Waals surface area contributed by atoms with Gasteiger partial charge in [-0.15, -0.1) is 0 Å². The molecule has 1 fully saturated rings.